The highest BCUT2D eigenvalue weighted by molar-refractivity contribution is 5.76. The van der Waals surface area contributed by atoms with Gasteiger partial charge in [0.2, 0.25) is 5.91 Å². The van der Waals surface area contributed by atoms with Gasteiger partial charge in [-0.1, -0.05) is 62.4 Å². The van der Waals surface area contributed by atoms with Crippen LogP contribution in [0.15, 0.2) is 48.5 Å². The number of amides is 1. The predicted molar refractivity (Wildman–Crippen MR) is 91.8 cm³/mol. The van der Waals surface area contributed by atoms with Crippen LogP contribution in [0.25, 0.3) is 0 Å². The summed E-state index contributed by atoms with van der Waals surface area (Å²) in [6.07, 6.45) is 3.36. The fourth-order valence-electron chi connectivity index (χ4n) is 2.59. The van der Waals surface area contributed by atoms with Crippen molar-refractivity contribution in [1.29, 1.82) is 0 Å². The van der Waals surface area contributed by atoms with Crippen LogP contribution in [-0.2, 0) is 30.6 Å². The zero-order valence-electron chi connectivity index (χ0n) is 13.6. The summed E-state index contributed by atoms with van der Waals surface area (Å²) in [5.41, 5.74) is 5.10. The van der Waals surface area contributed by atoms with Gasteiger partial charge in [-0.2, -0.15) is 0 Å². The minimum absolute atomic E-state index is 0.118. The lowest BCUT2D eigenvalue weighted by Crippen LogP contribution is -2.23. The van der Waals surface area contributed by atoms with E-state index < -0.39 is 0 Å². The molecule has 0 fully saturated rings. The van der Waals surface area contributed by atoms with E-state index in [1.807, 2.05) is 18.2 Å². The van der Waals surface area contributed by atoms with Crippen LogP contribution in [-0.4, -0.2) is 5.91 Å². The van der Waals surface area contributed by atoms with Crippen LogP contribution < -0.4 is 5.32 Å². The molecule has 0 spiro atoms. The highest BCUT2D eigenvalue weighted by Gasteiger charge is 2.06. The van der Waals surface area contributed by atoms with Crippen LogP contribution in [0.5, 0.6) is 0 Å². The summed E-state index contributed by atoms with van der Waals surface area (Å²) in [4.78, 5) is 12.0. The number of hydrogen-bond acceptors (Lipinski definition) is 1. The van der Waals surface area contributed by atoms with Gasteiger partial charge in [-0.3, -0.25) is 4.79 Å². The second-order valence-corrected chi connectivity index (χ2v) is 5.57. The van der Waals surface area contributed by atoms with Crippen molar-refractivity contribution in [2.45, 2.75) is 46.1 Å². The van der Waals surface area contributed by atoms with Crippen LogP contribution in [0, 0.1) is 0 Å². The first-order valence-electron chi connectivity index (χ1n) is 8.14. The van der Waals surface area contributed by atoms with Crippen LogP contribution >= 0.6 is 0 Å². The van der Waals surface area contributed by atoms with E-state index in [0.717, 1.165) is 19.3 Å². The SMILES string of the molecule is CCc1ccc(CC)c(CNC(=O)CCc2ccccc2)c1. The summed E-state index contributed by atoms with van der Waals surface area (Å²) in [6, 6.07) is 16.7. The molecule has 0 bridgehead atoms. The average molecular weight is 295 g/mol. The first-order valence-corrected chi connectivity index (χ1v) is 8.14. The second kappa shape index (κ2) is 8.38. The van der Waals surface area contributed by atoms with Gasteiger partial charge in [0.15, 0.2) is 0 Å². The van der Waals surface area contributed by atoms with Crippen molar-refractivity contribution in [2.24, 2.45) is 0 Å². The predicted octanol–water partition coefficient (Wildman–Crippen LogP) is 4.06. The molecule has 0 aromatic heterocycles. The lowest BCUT2D eigenvalue weighted by atomic mass is 10.0. The van der Waals surface area contributed by atoms with Gasteiger partial charge >= 0.3 is 0 Å². The monoisotopic (exact) mass is 295 g/mol. The minimum atomic E-state index is 0.118. The maximum atomic E-state index is 12.0. The maximum absolute atomic E-state index is 12.0. The zero-order valence-corrected chi connectivity index (χ0v) is 13.6. The summed E-state index contributed by atoms with van der Waals surface area (Å²) in [6.45, 7) is 4.94. The van der Waals surface area contributed by atoms with Gasteiger partial charge in [0.25, 0.3) is 0 Å². The van der Waals surface area contributed by atoms with Gasteiger partial charge < -0.3 is 5.32 Å². The lowest BCUT2D eigenvalue weighted by Gasteiger charge is -2.11. The Bertz CT molecular complexity index is 604. The molecular formula is C20H25NO. The largest absolute Gasteiger partial charge is 0.352 e. The second-order valence-electron chi connectivity index (χ2n) is 5.57. The van der Waals surface area contributed by atoms with Crippen molar-refractivity contribution in [3.05, 3.63) is 70.8 Å². The fraction of sp³-hybridized carbons (Fsp3) is 0.350. The smallest absolute Gasteiger partial charge is 0.220 e. The van der Waals surface area contributed by atoms with Gasteiger partial charge in [-0.25, -0.2) is 0 Å². The molecule has 2 aromatic rings. The molecule has 0 atom stereocenters. The summed E-state index contributed by atoms with van der Waals surface area (Å²) in [7, 11) is 0. The van der Waals surface area contributed by atoms with E-state index in [9.17, 15) is 4.79 Å². The molecule has 1 N–H and O–H groups in total. The molecule has 0 unspecified atom stereocenters. The molecule has 0 aliphatic carbocycles. The third-order valence-corrected chi connectivity index (χ3v) is 4.02. The van der Waals surface area contributed by atoms with Gasteiger partial charge in [0.1, 0.15) is 0 Å². The minimum Gasteiger partial charge on any atom is -0.352 e. The topological polar surface area (TPSA) is 29.1 Å². The Hall–Kier alpha value is -2.09. The van der Waals surface area contributed by atoms with E-state index in [1.165, 1.54) is 22.3 Å². The molecule has 0 radical (unpaired) electrons. The number of hydrogen-bond donors (Lipinski definition) is 1. The summed E-state index contributed by atoms with van der Waals surface area (Å²) in [5, 5.41) is 3.06. The van der Waals surface area contributed by atoms with E-state index in [0.29, 0.717) is 13.0 Å². The molecule has 2 rings (SSSR count). The van der Waals surface area contributed by atoms with Crippen LogP contribution in [0.2, 0.25) is 0 Å². The number of aryl methyl sites for hydroxylation is 3. The zero-order chi connectivity index (χ0) is 15.8. The van der Waals surface area contributed by atoms with Crippen molar-refractivity contribution >= 4 is 5.91 Å². The third kappa shape index (κ3) is 4.73. The Morgan fingerprint density at radius 3 is 2.36 bits per heavy atom. The van der Waals surface area contributed by atoms with E-state index >= 15 is 0 Å². The van der Waals surface area contributed by atoms with E-state index in [-0.39, 0.29) is 5.91 Å². The molecule has 0 saturated heterocycles. The number of carbonyl (C=O) groups excluding carboxylic acids is 1. The number of rotatable bonds is 7. The number of nitrogens with one attached hydrogen (secondary N) is 1. The highest BCUT2D eigenvalue weighted by Crippen LogP contribution is 2.13. The lowest BCUT2D eigenvalue weighted by molar-refractivity contribution is -0.121. The summed E-state index contributed by atoms with van der Waals surface area (Å²) < 4.78 is 0. The Labute approximate surface area is 133 Å². The van der Waals surface area contributed by atoms with Crippen LogP contribution in [0.1, 0.15) is 42.5 Å². The molecule has 2 nitrogen and oxygen atoms in total. The quantitative estimate of drug-likeness (QED) is 0.820. The van der Waals surface area contributed by atoms with Crippen LogP contribution in [0.4, 0.5) is 0 Å². The maximum Gasteiger partial charge on any atom is 0.220 e. The molecule has 1 amide bonds. The third-order valence-electron chi connectivity index (χ3n) is 4.02. The molecule has 116 valence electrons. The van der Waals surface area contributed by atoms with Gasteiger partial charge in [-0.15, -0.1) is 0 Å². The van der Waals surface area contributed by atoms with E-state index in [4.69, 9.17) is 0 Å². The van der Waals surface area contributed by atoms with Gasteiger partial charge in [-0.05, 0) is 41.5 Å². The van der Waals surface area contributed by atoms with Crippen molar-refractivity contribution in [1.82, 2.24) is 5.32 Å². The first-order chi connectivity index (χ1) is 10.7. The number of benzene rings is 2. The fourth-order valence-corrected chi connectivity index (χ4v) is 2.59. The Balaban J connectivity index is 1.88. The molecule has 0 aliphatic heterocycles. The van der Waals surface area contributed by atoms with Crippen molar-refractivity contribution in [3.63, 3.8) is 0 Å². The normalized spacial score (nSPS) is 10.5. The molecule has 2 aromatic carbocycles. The Morgan fingerprint density at radius 2 is 1.68 bits per heavy atom. The Kier molecular flexibility index (Phi) is 6.20. The molecule has 0 heterocycles. The molecule has 0 saturated carbocycles. The molecule has 2 heteroatoms. The number of carbonyl (C=O) groups is 1. The summed E-state index contributed by atoms with van der Waals surface area (Å²) in [5.74, 6) is 0.118. The van der Waals surface area contributed by atoms with Gasteiger partial charge in [0.05, 0.1) is 0 Å². The van der Waals surface area contributed by atoms with Crippen LogP contribution in [0.3, 0.4) is 0 Å². The van der Waals surface area contributed by atoms with Crippen molar-refractivity contribution < 1.29 is 4.79 Å². The molecular weight excluding hydrogens is 270 g/mol. The Morgan fingerprint density at radius 1 is 0.909 bits per heavy atom. The highest BCUT2D eigenvalue weighted by atomic mass is 16.1. The first kappa shape index (κ1) is 16.3. The van der Waals surface area contributed by atoms with E-state index in [2.05, 4.69) is 49.5 Å². The summed E-state index contributed by atoms with van der Waals surface area (Å²) >= 11 is 0. The standard InChI is InChI=1S/C20H25NO/c1-3-16-10-12-18(4-2)19(14-16)15-21-20(22)13-11-17-8-6-5-7-9-17/h5-10,12,14H,3-4,11,13,15H2,1-2H3,(H,21,22). The van der Waals surface area contributed by atoms with Crippen molar-refractivity contribution in [2.75, 3.05) is 0 Å². The molecule has 0 aliphatic rings. The average Bonchev–Trinajstić information content (AvgIpc) is 2.58. The molecule has 22 heavy (non-hydrogen) atoms. The van der Waals surface area contributed by atoms with E-state index in [1.54, 1.807) is 0 Å². The van der Waals surface area contributed by atoms with Gasteiger partial charge in [0, 0.05) is 13.0 Å². The van der Waals surface area contributed by atoms with Crippen molar-refractivity contribution in [3.8, 4) is 0 Å².